The molecular weight excluding hydrogens is 420 g/mol. The van der Waals surface area contributed by atoms with Crippen molar-refractivity contribution in [2.75, 3.05) is 13.2 Å². The molecule has 4 atom stereocenters. The zero-order valence-electron chi connectivity index (χ0n) is 20.9. The Hall–Kier alpha value is -2.64. The van der Waals surface area contributed by atoms with Gasteiger partial charge in [-0.1, -0.05) is 45.9 Å². The first-order valence-corrected chi connectivity index (χ1v) is 11.9. The molecule has 2 rings (SSSR count). The Balaban J connectivity index is 2.29. The third-order valence-corrected chi connectivity index (χ3v) is 5.87. The molecule has 0 aromatic carbocycles. The number of carbonyl (C=O) groups excluding carboxylic acids is 2. The molecular formula is C25H40N4O4. The first-order chi connectivity index (χ1) is 15.6. The highest BCUT2D eigenvalue weighted by Crippen LogP contribution is 2.32. The Bertz CT molecular complexity index is 817. The Morgan fingerprint density at radius 3 is 2.18 bits per heavy atom. The minimum Gasteiger partial charge on any atom is -0.480 e. The summed E-state index contributed by atoms with van der Waals surface area (Å²) < 4.78 is 11.5. The molecule has 2 N–H and O–H groups in total. The van der Waals surface area contributed by atoms with Gasteiger partial charge < -0.3 is 20.1 Å². The molecule has 2 aliphatic heterocycles. The van der Waals surface area contributed by atoms with Gasteiger partial charge in [-0.05, 0) is 38.5 Å². The van der Waals surface area contributed by atoms with E-state index in [1.807, 2.05) is 41.5 Å². The van der Waals surface area contributed by atoms with Gasteiger partial charge in [-0.2, -0.15) is 0 Å². The summed E-state index contributed by atoms with van der Waals surface area (Å²) >= 11 is 0. The molecule has 0 bridgehead atoms. The number of hydrogen-bond acceptors (Lipinski definition) is 6. The number of rotatable bonds is 10. The second-order valence-electron chi connectivity index (χ2n) is 9.38. The molecule has 2 aliphatic rings. The van der Waals surface area contributed by atoms with E-state index >= 15 is 0 Å². The van der Waals surface area contributed by atoms with E-state index < -0.39 is 11.6 Å². The van der Waals surface area contributed by atoms with Gasteiger partial charge in [0.1, 0.15) is 23.7 Å². The second-order valence-corrected chi connectivity index (χ2v) is 9.38. The van der Waals surface area contributed by atoms with Crippen molar-refractivity contribution in [2.24, 2.45) is 21.8 Å². The van der Waals surface area contributed by atoms with Crippen LogP contribution in [0.4, 0.5) is 0 Å². The molecule has 0 radical (unpaired) electrons. The van der Waals surface area contributed by atoms with E-state index in [4.69, 9.17) is 14.5 Å². The summed E-state index contributed by atoms with van der Waals surface area (Å²) in [4.78, 5) is 35.4. The standard InChI is InChI=1S/C25H40N4O4/c1-9-12-25(24(31)28-20(16(6)7)23(29-25)33-11-3)14-17(8)13-18-21(30)27-19(15(4)5)22(26-18)32-10-2/h9,15-16,18-20H,1,8,10-14H2,2-7H3,(H,27,30)(H,28,31)/t18-,19+,20+,25-/m1/s1. The van der Waals surface area contributed by atoms with Crippen LogP contribution in [0.25, 0.3) is 0 Å². The van der Waals surface area contributed by atoms with Crippen molar-refractivity contribution < 1.29 is 19.1 Å². The van der Waals surface area contributed by atoms with Crippen LogP contribution in [0, 0.1) is 11.8 Å². The van der Waals surface area contributed by atoms with Gasteiger partial charge in [0, 0.05) is 6.42 Å². The first kappa shape index (κ1) is 26.6. The summed E-state index contributed by atoms with van der Waals surface area (Å²) in [5.41, 5.74) is -0.398. The topological polar surface area (TPSA) is 101 Å². The third-order valence-electron chi connectivity index (χ3n) is 5.87. The monoisotopic (exact) mass is 460 g/mol. The summed E-state index contributed by atoms with van der Waals surface area (Å²) in [5.74, 6) is 1.01. The van der Waals surface area contributed by atoms with Crippen molar-refractivity contribution in [3.8, 4) is 0 Å². The number of amides is 2. The van der Waals surface area contributed by atoms with E-state index in [-0.39, 0.29) is 42.2 Å². The van der Waals surface area contributed by atoms with Crippen LogP contribution in [0.5, 0.6) is 0 Å². The number of nitrogens with zero attached hydrogens (tertiary/aromatic N) is 2. The molecule has 184 valence electrons. The summed E-state index contributed by atoms with van der Waals surface area (Å²) in [6.45, 7) is 20.8. The molecule has 33 heavy (non-hydrogen) atoms. The number of ether oxygens (including phenoxy) is 2. The van der Waals surface area contributed by atoms with Crippen molar-refractivity contribution in [3.05, 3.63) is 24.8 Å². The van der Waals surface area contributed by atoms with Gasteiger partial charge in [0.25, 0.3) is 0 Å². The molecule has 0 aromatic rings. The summed E-state index contributed by atoms with van der Waals surface area (Å²) in [7, 11) is 0. The van der Waals surface area contributed by atoms with Gasteiger partial charge in [0.05, 0.1) is 13.2 Å². The lowest BCUT2D eigenvalue weighted by Crippen LogP contribution is -2.59. The van der Waals surface area contributed by atoms with E-state index in [0.29, 0.717) is 43.4 Å². The molecule has 0 unspecified atom stereocenters. The predicted molar refractivity (Wildman–Crippen MR) is 131 cm³/mol. The van der Waals surface area contributed by atoms with Crippen LogP contribution in [-0.2, 0) is 19.1 Å². The van der Waals surface area contributed by atoms with Crippen LogP contribution in [0.2, 0.25) is 0 Å². The van der Waals surface area contributed by atoms with Crippen molar-refractivity contribution in [1.29, 1.82) is 0 Å². The average molecular weight is 461 g/mol. The lowest BCUT2D eigenvalue weighted by molar-refractivity contribution is -0.127. The van der Waals surface area contributed by atoms with Gasteiger partial charge >= 0.3 is 0 Å². The average Bonchev–Trinajstić information content (AvgIpc) is 2.72. The molecule has 2 heterocycles. The van der Waals surface area contributed by atoms with E-state index in [0.717, 1.165) is 0 Å². The Kier molecular flexibility index (Phi) is 9.25. The van der Waals surface area contributed by atoms with Crippen LogP contribution in [0.15, 0.2) is 34.8 Å². The highest BCUT2D eigenvalue weighted by Gasteiger charge is 2.45. The zero-order chi connectivity index (χ0) is 24.8. The fourth-order valence-corrected chi connectivity index (χ4v) is 4.19. The van der Waals surface area contributed by atoms with Gasteiger partial charge in [-0.3, -0.25) is 9.59 Å². The number of carbonyl (C=O) groups is 2. The van der Waals surface area contributed by atoms with Crippen molar-refractivity contribution >= 4 is 23.6 Å². The Labute approximate surface area is 198 Å². The smallest absolute Gasteiger partial charge is 0.249 e. The molecule has 0 fully saturated rings. The summed E-state index contributed by atoms with van der Waals surface area (Å²) in [5, 5.41) is 6.09. The van der Waals surface area contributed by atoms with Crippen molar-refractivity contribution in [2.45, 2.75) is 84.5 Å². The van der Waals surface area contributed by atoms with E-state index in [2.05, 4.69) is 28.8 Å². The Morgan fingerprint density at radius 1 is 1.06 bits per heavy atom. The maximum absolute atomic E-state index is 13.2. The molecule has 0 spiro atoms. The molecule has 0 aliphatic carbocycles. The third kappa shape index (κ3) is 6.24. The van der Waals surface area contributed by atoms with Gasteiger partial charge in [0.15, 0.2) is 0 Å². The highest BCUT2D eigenvalue weighted by molar-refractivity contribution is 5.99. The first-order valence-electron chi connectivity index (χ1n) is 11.9. The summed E-state index contributed by atoms with van der Waals surface area (Å²) in [6, 6.07) is -1.18. The quantitative estimate of drug-likeness (QED) is 0.489. The fourth-order valence-electron chi connectivity index (χ4n) is 4.19. The van der Waals surface area contributed by atoms with Crippen LogP contribution in [-0.4, -0.2) is 60.5 Å². The number of aliphatic imine (C=N–C) groups is 2. The lowest BCUT2D eigenvalue weighted by atomic mass is 9.83. The molecule has 8 nitrogen and oxygen atoms in total. The second kappa shape index (κ2) is 11.5. The molecule has 0 saturated carbocycles. The number of nitrogens with one attached hydrogen (secondary N) is 2. The van der Waals surface area contributed by atoms with E-state index in [9.17, 15) is 9.59 Å². The van der Waals surface area contributed by atoms with Crippen molar-refractivity contribution in [3.63, 3.8) is 0 Å². The molecule has 0 aromatic heterocycles. The summed E-state index contributed by atoms with van der Waals surface area (Å²) in [6.07, 6.45) is 2.58. The van der Waals surface area contributed by atoms with E-state index in [1.54, 1.807) is 6.08 Å². The van der Waals surface area contributed by atoms with Gasteiger partial charge in [-0.15, -0.1) is 6.58 Å². The van der Waals surface area contributed by atoms with Crippen LogP contribution < -0.4 is 10.6 Å². The molecule has 8 heteroatoms. The molecule has 0 saturated heterocycles. The minimum absolute atomic E-state index is 0.135. The van der Waals surface area contributed by atoms with Crippen LogP contribution in [0.1, 0.15) is 60.8 Å². The SMILES string of the molecule is C=CC[C@]1(CC(=C)C[C@H]2N=C(OCC)[C@H](C(C)C)NC2=O)N=C(OCC)[C@H](C(C)C)NC1=O. The van der Waals surface area contributed by atoms with E-state index in [1.165, 1.54) is 0 Å². The highest BCUT2D eigenvalue weighted by atomic mass is 16.5. The number of hydrogen-bond donors (Lipinski definition) is 2. The van der Waals surface area contributed by atoms with Gasteiger partial charge in [0.2, 0.25) is 23.6 Å². The van der Waals surface area contributed by atoms with Crippen LogP contribution >= 0.6 is 0 Å². The van der Waals surface area contributed by atoms with Crippen LogP contribution in [0.3, 0.4) is 0 Å². The lowest BCUT2D eigenvalue weighted by Gasteiger charge is -2.38. The normalized spacial score (nSPS) is 27.5. The van der Waals surface area contributed by atoms with Crippen molar-refractivity contribution in [1.82, 2.24) is 10.6 Å². The zero-order valence-corrected chi connectivity index (χ0v) is 20.9. The van der Waals surface area contributed by atoms with Gasteiger partial charge in [-0.25, -0.2) is 9.98 Å². The predicted octanol–water partition coefficient (Wildman–Crippen LogP) is 3.19. The Morgan fingerprint density at radius 2 is 1.64 bits per heavy atom. The maximum atomic E-state index is 13.2. The largest absolute Gasteiger partial charge is 0.480 e. The maximum Gasteiger partial charge on any atom is 0.249 e. The fraction of sp³-hybridized carbons (Fsp3) is 0.680. The molecule has 2 amide bonds. The minimum atomic E-state index is -1.10.